The molecular weight excluding hydrogens is 255 g/mol. The van der Waals surface area contributed by atoms with Crippen molar-refractivity contribution in [3.63, 3.8) is 0 Å². The molecule has 2 heterocycles. The third-order valence-electron chi connectivity index (χ3n) is 2.30. The predicted molar refractivity (Wildman–Crippen MR) is 54.1 cm³/mol. The second-order valence-electron chi connectivity index (χ2n) is 3.32. The van der Waals surface area contributed by atoms with E-state index in [-0.39, 0.29) is 26.4 Å². The summed E-state index contributed by atoms with van der Waals surface area (Å²) in [6.07, 6.45) is 0.497. The molecule has 2 aliphatic rings. The second kappa shape index (κ2) is 4.01. The van der Waals surface area contributed by atoms with Crippen molar-refractivity contribution in [1.82, 2.24) is 0 Å². The number of hydrogen-bond acceptors (Lipinski definition) is 6. The van der Waals surface area contributed by atoms with Gasteiger partial charge in [-0.1, -0.05) is 0 Å². The Morgan fingerprint density at radius 3 is 1.65 bits per heavy atom. The van der Waals surface area contributed by atoms with Crippen LogP contribution in [-0.2, 0) is 27.7 Å². The van der Waals surface area contributed by atoms with Crippen LogP contribution in [0.5, 0.6) is 0 Å². The van der Waals surface area contributed by atoms with Crippen LogP contribution in [0.15, 0.2) is 11.4 Å². The van der Waals surface area contributed by atoms with E-state index in [0.717, 1.165) is 0 Å². The van der Waals surface area contributed by atoms with E-state index in [9.17, 15) is 9.59 Å². The molecule has 2 saturated heterocycles. The molecule has 8 nitrogen and oxygen atoms in total. The number of rotatable bonds is 3. The minimum absolute atomic E-state index is 0.0993. The second-order valence-corrected chi connectivity index (χ2v) is 6.46. The number of carboxylic acids is 2. The van der Waals surface area contributed by atoms with Crippen LogP contribution >= 0.6 is 7.51 Å². The molecule has 0 aromatic rings. The van der Waals surface area contributed by atoms with Gasteiger partial charge in [0, 0.05) is 0 Å². The molecule has 1 spiro atoms. The molecule has 2 rings (SSSR count). The summed E-state index contributed by atoms with van der Waals surface area (Å²) in [5.41, 5.74) is 0. The maximum atomic E-state index is 11.2. The van der Waals surface area contributed by atoms with E-state index in [1.54, 1.807) is 0 Å². The Kier molecular flexibility index (Phi) is 2.92. The van der Waals surface area contributed by atoms with Gasteiger partial charge >= 0.3 is 95.2 Å². The fourth-order valence-corrected chi connectivity index (χ4v) is 4.92. The van der Waals surface area contributed by atoms with Gasteiger partial charge in [0.2, 0.25) is 0 Å². The van der Waals surface area contributed by atoms with Crippen LogP contribution < -0.4 is 0 Å². The average molecular weight is 266 g/mol. The molecule has 96 valence electrons. The van der Waals surface area contributed by atoms with Gasteiger partial charge in [0.15, 0.2) is 0 Å². The van der Waals surface area contributed by atoms with Gasteiger partial charge in [-0.3, -0.25) is 0 Å². The number of aliphatic carboxylic acids is 2. The summed E-state index contributed by atoms with van der Waals surface area (Å²) >= 11 is 0. The van der Waals surface area contributed by atoms with Gasteiger partial charge in [-0.2, -0.15) is 0 Å². The molecule has 2 fully saturated rings. The summed E-state index contributed by atoms with van der Waals surface area (Å²) in [4.78, 5) is 21.8. The van der Waals surface area contributed by atoms with E-state index in [0.29, 0.717) is 6.08 Å². The van der Waals surface area contributed by atoms with E-state index in [2.05, 4.69) is 0 Å². The van der Waals surface area contributed by atoms with Crippen molar-refractivity contribution in [2.24, 2.45) is 0 Å². The zero-order chi connectivity index (χ0) is 12.5. The van der Waals surface area contributed by atoms with Crippen LogP contribution in [0.1, 0.15) is 0 Å². The summed E-state index contributed by atoms with van der Waals surface area (Å²) in [5.74, 6) is -2.92. The van der Waals surface area contributed by atoms with Gasteiger partial charge in [0.05, 0.1) is 0 Å². The number of hydrogen-bond donors (Lipinski definition) is 2. The minimum atomic E-state index is -4.38. The summed E-state index contributed by atoms with van der Waals surface area (Å²) in [6, 6.07) is 0. The van der Waals surface area contributed by atoms with Crippen molar-refractivity contribution in [2.45, 2.75) is 0 Å². The molecule has 0 unspecified atom stereocenters. The zero-order valence-corrected chi connectivity index (χ0v) is 9.59. The van der Waals surface area contributed by atoms with Crippen LogP contribution in [0.3, 0.4) is 0 Å². The Bertz CT molecular complexity index is 367. The van der Waals surface area contributed by atoms with E-state index in [1.807, 2.05) is 0 Å². The number of carboxylic acid groups (broad SMARTS) is 2. The van der Waals surface area contributed by atoms with E-state index in [4.69, 9.17) is 28.3 Å². The van der Waals surface area contributed by atoms with Gasteiger partial charge in [-0.25, -0.2) is 0 Å². The summed E-state index contributed by atoms with van der Waals surface area (Å²) in [6.45, 7) is 0.397. The van der Waals surface area contributed by atoms with Crippen molar-refractivity contribution in [3.05, 3.63) is 11.4 Å². The average Bonchev–Trinajstić information content (AvgIpc) is 2.86. The standard InChI is InChI=1S/C8H11O8P/c9-7(10)5-6(8(11)12)17(13-1-2-14-17)15-3-4-16-17/h5H,1-4H2,(H,9,10)(H,11,12). The van der Waals surface area contributed by atoms with Crippen LogP contribution in [0, 0.1) is 0 Å². The van der Waals surface area contributed by atoms with E-state index >= 15 is 0 Å². The fourth-order valence-electron chi connectivity index (χ4n) is 1.72. The maximum absolute atomic E-state index is 11.2. The molecule has 0 bridgehead atoms. The molecule has 17 heavy (non-hydrogen) atoms. The molecule has 0 atom stereocenters. The van der Waals surface area contributed by atoms with Crippen LogP contribution in [0.2, 0.25) is 0 Å². The molecule has 0 radical (unpaired) electrons. The first-order valence-corrected chi connectivity index (χ1v) is 6.70. The SMILES string of the molecule is O=C(O)C=C(C(=O)O)P12(OCCO1)OCCO2. The van der Waals surface area contributed by atoms with Crippen molar-refractivity contribution >= 4 is 19.4 Å². The third kappa shape index (κ3) is 1.84. The Morgan fingerprint density at radius 1 is 0.941 bits per heavy atom. The van der Waals surface area contributed by atoms with Crippen molar-refractivity contribution in [3.8, 4) is 0 Å². The normalized spacial score (nSPS) is 28.7. The van der Waals surface area contributed by atoms with Gasteiger partial charge in [0.1, 0.15) is 0 Å². The first-order valence-electron chi connectivity index (χ1n) is 4.79. The topological polar surface area (TPSA) is 112 Å². The van der Waals surface area contributed by atoms with Crippen molar-refractivity contribution in [1.29, 1.82) is 0 Å². The first kappa shape index (κ1) is 12.4. The van der Waals surface area contributed by atoms with E-state index in [1.165, 1.54) is 0 Å². The van der Waals surface area contributed by atoms with Crippen LogP contribution in [0.4, 0.5) is 0 Å². The van der Waals surface area contributed by atoms with Crippen LogP contribution in [-0.4, -0.2) is 48.6 Å². The van der Waals surface area contributed by atoms with Gasteiger partial charge in [-0.15, -0.1) is 0 Å². The molecule has 2 N–H and O–H groups in total. The molecule has 9 heteroatoms. The van der Waals surface area contributed by atoms with Crippen molar-refractivity contribution < 1.29 is 37.9 Å². The molecule has 2 aliphatic heterocycles. The summed E-state index contributed by atoms with van der Waals surface area (Å²) in [5, 5.41) is 17.2. The van der Waals surface area contributed by atoms with Gasteiger partial charge < -0.3 is 0 Å². The molecular formula is C8H11O8P. The first-order chi connectivity index (χ1) is 7.98. The number of carbonyl (C=O) groups is 2. The Balaban J connectivity index is 2.52. The quantitative estimate of drug-likeness (QED) is 0.555. The molecule has 0 aromatic carbocycles. The zero-order valence-electron chi connectivity index (χ0n) is 8.70. The third-order valence-corrected chi connectivity index (χ3v) is 5.91. The molecule has 0 aliphatic carbocycles. The van der Waals surface area contributed by atoms with Crippen molar-refractivity contribution in [2.75, 3.05) is 26.4 Å². The molecule has 0 saturated carbocycles. The predicted octanol–water partition coefficient (Wildman–Crippen LogP) is 0.346. The van der Waals surface area contributed by atoms with Crippen LogP contribution in [0.25, 0.3) is 0 Å². The summed E-state index contributed by atoms with van der Waals surface area (Å²) < 4.78 is 21.1. The van der Waals surface area contributed by atoms with Gasteiger partial charge in [0.25, 0.3) is 0 Å². The van der Waals surface area contributed by atoms with Gasteiger partial charge in [-0.05, 0) is 0 Å². The Labute approximate surface area is 96.0 Å². The summed E-state index contributed by atoms with van der Waals surface area (Å²) in [7, 11) is -4.38. The van der Waals surface area contributed by atoms with E-state index < -0.39 is 24.8 Å². The monoisotopic (exact) mass is 266 g/mol. The molecule has 0 amide bonds. The Hall–Kier alpha value is -1.05. The fraction of sp³-hybridized carbons (Fsp3) is 0.500. The molecule has 0 aromatic heterocycles. The Morgan fingerprint density at radius 2 is 1.35 bits per heavy atom.